The van der Waals surface area contributed by atoms with E-state index in [1.54, 1.807) is 7.05 Å². The Balaban J connectivity index is 2.50. The zero-order valence-corrected chi connectivity index (χ0v) is 9.21. The largest absolute Gasteiger partial charge is 0.452 e. The first-order valence-electron chi connectivity index (χ1n) is 4.06. The Kier molecular flexibility index (Phi) is 2.54. The summed E-state index contributed by atoms with van der Waals surface area (Å²) in [7, 11) is 1.63. The molecule has 78 valence electrons. The zero-order valence-electron chi connectivity index (χ0n) is 7.70. The van der Waals surface area contributed by atoms with Gasteiger partial charge in [-0.15, -0.1) is 0 Å². The van der Waals surface area contributed by atoms with Crippen molar-refractivity contribution in [2.45, 2.75) is 0 Å². The highest BCUT2D eigenvalue weighted by Gasteiger charge is 2.21. The summed E-state index contributed by atoms with van der Waals surface area (Å²) in [6.45, 7) is 0. The van der Waals surface area contributed by atoms with E-state index in [1.165, 1.54) is 23.2 Å². The smallest absolute Gasteiger partial charge is 0.217 e. The van der Waals surface area contributed by atoms with E-state index in [4.69, 9.17) is 27.6 Å². The molecule has 0 amide bonds. The number of hydrogen-bond acceptors (Lipinski definition) is 3. The Morgan fingerprint density at radius 1 is 1.53 bits per heavy atom. The van der Waals surface area contributed by atoms with Gasteiger partial charge in [0, 0.05) is 7.05 Å². The van der Waals surface area contributed by atoms with Gasteiger partial charge in [0.2, 0.25) is 11.0 Å². The molecule has 0 N–H and O–H groups in total. The lowest BCUT2D eigenvalue weighted by molar-refractivity contribution is 0.103. The summed E-state index contributed by atoms with van der Waals surface area (Å²) in [6.07, 6.45) is 2.75. The Bertz CT molecular complexity index is 496. The molecule has 15 heavy (non-hydrogen) atoms. The predicted octanol–water partition coefficient (Wildman–Crippen LogP) is 2.55. The van der Waals surface area contributed by atoms with E-state index in [9.17, 15) is 4.79 Å². The quantitative estimate of drug-likeness (QED) is 0.764. The third-order valence-electron chi connectivity index (χ3n) is 1.97. The van der Waals surface area contributed by atoms with Gasteiger partial charge in [-0.1, -0.05) is 11.6 Å². The van der Waals surface area contributed by atoms with Crippen LogP contribution in [0.3, 0.4) is 0 Å². The Hall–Kier alpha value is -1.26. The maximum absolute atomic E-state index is 11.9. The lowest BCUT2D eigenvalue weighted by atomic mass is 10.1. The average Bonchev–Trinajstić information content (AvgIpc) is 2.73. The molecule has 2 heterocycles. The number of aromatic nitrogens is 2. The molecular weight excluding hydrogens is 239 g/mol. The van der Waals surface area contributed by atoms with Crippen molar-refractivity contribution in [1.29, 1.82) is 0 Å². The number of furan rings is 1. The summed E-state index contributed by atoms with van der Waals surface area (Å²) < 4.78 is 6.23. The van der Waals surface area contributed by atoms with Crippen LogP contribution in [-0.2, 0) is 7.05 Å². The third kappa shape index (κ3) is 1.66. The van der Waals surface area contributed by atoms with Crippen molar-refractivity contribution in [3.8, 4) is 0 Å². The molecule has 2 aromatic rings. The summed E-state index contributed by atoms with van der Waals surface area (Å²) in [4.78, 5) is 11.9. The van der Waals surface area contributed by atoms with Crippen molar-refractivity contribution in [2.75, 3.05) is 0 Å². The average molecular weight is 245 g/mol. The Morgan fingerprint density at radius 3 is 2.73 bits per heavy atom. The van der Waals surface area contributed by atoms with Gasteiger partial charge in [0.15, 0.2) is 0 Å². The molecule has 0 unspecified atom stereocenters. The predicted molar refractivity (Wildman–Crippen MR) is 55.4 cm³/mol. The van der Waals surface area contributed by atoms with Gasteiger partial charge in [0.1, 0.15) is 5.69 Å². The molecule has 2 aromatic heterocycles. The van der Waals surface area contributed by atoms with Crippen LogP contribution in [0.25, 0.3) is 0 Å². The number of hydrogen-bond donors (Lipinski definition) is 0. The van der Waals surface area contributed by atoms with Crippen molar-refractivity contribution in [1.82, 2.24) is 9.78 Å². The lowest BCUT2D eigenvalue weighted by Gasteiger charge is -1.99. The summed E-state index contributed by atoms with van der Waals surface area (Å²) in [5.41, 5.74) is 0.571. The fraction of sp³-hybridized carbons (Fsp3) is 0.111. The first kappa shape index (κ1) is 10.3. The van der Waals surface area contributed by atoms with Crippen LogP contribution in [-0.4, -0.2) is 15.6 Å². The molecule has 0 saturated carbocycles. The number of halogens is 2. The molecule has 0 atom stereocenters. The minimum absolute atomic E-state index is 0.0530. The number of carbonyl (C=O) groups is 1. The summed E-state index contributed by atoms with van der Waals surface area (Å²) in [5.74, 6) is -0.307. The Labute approximate surface area is 95.4 Å². The van der Waals surface area contributed by atoms with Crippen molar-refractivity contribution in [3.63, 3.8) is 0 Å². The minimum atomic E-state index is -0.307. The second-order valence-electron chi connectivity index (χ2n) is 2.90. The van der Waals surface area contributed by atoms with E-state index in [-0.39, 0.29) is 16.6 Å². The molecule has 0 spiro atoms. The second kappa shape index (κ2) is 3.72. The summed E-state index contributed by atoms with van der Waals surface area (Å²) in [6, 6.07) is 1.49. The van der Waals surface area contributed by atoms with E-state index in [0.717, 1.165) is 0 Å². The zero-order chi connectivity index (χ0) is 11.0. The van der Waals surface area contributed by atoms with Gasteiger partial charge in [-0.25, -0.2) is 0 Å². The maximum Gasteiger partial charge on any atom is 0.217 e. The van der Waals surface area contributed by atoms with Crippen molar-refractivity contribution in [3.05, 3.63) is 40.0 Å². The van der Waals surface area contributed by atoms with Crippen LogP contribution in [0.5, 0.6) is 0 Å². The summed E-state index contributed by atoms with van der Waals surface area (Å²) >= 11 is 11.5. The molecule has 0 bridgehead atoms. The molecule has 2 rings (SSSR count). The highest BCUT2D eigenvalue weighted by atomic mass is 35.5. The normalized spacial score (nSPS) is 10.6. The van der Waals surface area contributed by atoms with E-state index in [1.807, 2.05) is 0 Å². The van der Waals surface area contributed by atoms with Crippen LogP contribution in [0, 0.1) is 0 Å². The SMILES string of the molecule is Cn1ncc(Cl)c1C(=O)c1ccoc1Cl. The molecule has 0 aliphatic carbocycles. The van der Waals surface area contributed by atoms with E-state index in [0.29, 0.717) is 10.7 Å². The van der Waals surface area contributed by atoms with Crippen LogP contribution in [0.1, 0.15) is 16.1 Å². The van der Waals surface area contributed by atoms with Crippen LogP contribution in [0.4, 0.5) is 0 Å². The van der Waals surface area contributed by atoms with Crippen LogP contribution < -0.4 is 0 Å². The Morgan fingerprint density at radius 2 is 2.27 bits per heavy atom. The van der Waals surface area contributed by atoms with Gasteiger partial charge in [0.05, 0.1) is 23.0 Å². The first-order valence-corrected chi connectivity index (χ1v) is 4.82. The number of rotatable bonds is 2. The lowest BCUT2D eigenvalue weighted by Crippen LogP contribution is -2.08. The van der Waals surface area contributed by atoms with Gasteiger partial charge in [-0.3, -0.25) is 9.48 Å². The number of carbonyl (C=O) groups excluding carboxylic acids is 1. The van der Waals surface area contributed by atoms with Gasteiger partial charge >= 0.3 is 0 Å². The molecule has 0 aromatic carbocycles. The number of ketones is 1. The minimum Gasteiger partial charge on any atom is -0.452 e. The van der Waals surface area contributed by atoms with E-state index in [2.05, 4.69) is 5.10 Å². The van der Waals surface area contributed by atoms with Crippen LogP contribution >= 0.6 is 23.2 Å². The molecule has 0 aliphatic heterocycles. The van der Waals surface area contributed by atoms with Gasteiger partial charge in [0.25, 0.3) is 0 Å². The molecule has 0 saturated heterocycles. The first-order chi connectivity index (χ1) is 7.11. The monoisotopic (exact) mass is 244 g/mol. The van der Waals surface area contributed by atoms with Gasteiger partial charge < -0.3 is 4.42 Å². The molecule has 0 aliphatic rings. The highest BCUT2D eigenvalue weighted by Crippen LogP contribution is 2.23. The maximum atomic E-state index is 11.9. The van der Waals surface area contributed by atoms with Gasteiger partial charge in [-0.05, 0) is 17.7 Å². The number of nitrogens with zero attached hydrogens (tertiary/aromatic N) is 2. The van der Waals surface area contributed by atoms with E-state index >= 15 is 0 Å². The third-order valence-corrected chi connectivity index (χ3v) is 2.54. The van der Waals surface area contributed by atoms with Crippen molar-refractivity contribution >= 4 is 29.0 Å². The van der Waals surface area contributed by atoms with Gasteiger partial charge in [-0.2, -0.15) is 5.10 Å². The van der Waals surface area contributed by atoms with E-state index < -0.39 is 0 Å². The van der Waals surface area contributed by atoms with Crippen LogP contribution in [0.15, 0.2) is 22.9 Å². The van der Waals surface area contributed by atoms with Crippen molar-refractivity contribution < 1.29 is 9.21 Å². The van der Waals surface area contributed by atoms with Crippen molar-refractivity contribution in [2.24, 2.45) is 7.05 Å². The molecule has 4 nitrogen and oxygen atoms in total. The molecule has 0 radical (unpaired) electrons. The molecule has 6 heteroatoms. The fourth-order valence-electron chi connectivity index (χ4n) is 1.25. The molecular formula is C9H6Cl2N2O2. The molecule has 0 fully saturated rings. The second-order valence-corrected chi connectivity index (χ2v) is 3.65. The van der Waals surface area contributed by atoms with Crippen LogP contribution in [0.2, 0.25) is 10.2 Å². The fourth-order valence-corrected chi connectivity index (χ4v) is 1.70. The number of aryl methyl sites for hydroxylation is 1. The summed E-state index contributed by atoms with van der Waals surface area (Å²) in [5, 5.41) is 4.21. The topological polar surface area (TPSA) is 48.0 Å². The highest BCUT2D eigenvalue weighted by molar-refractivity contribution is 6.37. The standard InChI is InChI=1S/C9H6Cl2N2O2/c1-13-7(6(10)4-12-13)8(14)5-2-3-15-9(5)11/h2-4H,1H3.